The van der Waals surface area contributed by atoms with E-state index in [-0.39, 0.29) is 31.6 Å². The van der Waals surface area contributed by atoms with E-state index in [0.29, 0.717) is 32.3 Å². The maximum absolute atomic E-state index is 14.0. The van der Waals surface area contributed by atoms with Crippen LogP contribution < -0.4 is 10.2 Å². The fourth-order valence-electron chi connectivity index (χ4n) is 3.74. The molecule has 6 nitrogen and oxygen atoms in total. The minimum Gasteiger partial charge on any atom is -0.367 e. The number of carbonyl (C=O) groups is 2. The van der Waals surface area contributed by atoms with Crippen LogP contribution in [0.2, 0.25) is 0 Å². The molecule has 0 saturated heterocycles. The van der Waals surface area contributed by atoms with Gasteiger partial charge in [0.2, 0.25) is 0 Å². The van der Waals surface area contributed by atoms with Crippen LogP contribution in [0.4, 0.5) is 15.8 Å². The third kappa shape index (κ3) is 4.77. The average molecular weight is 504 g/mol. The van der Waals surface area contributed by atoms with Gasteiger partial charge in [0.05, 0.1) is 33.6 Å². The number of hydrogen-bond acceptors (Lipinski definition) is 6. The molecule has 1 N–H and O–H groups in total. The first kappa shape index (κ1) is 23.1. The first-order chi connectivity index (χ1) is 17.0. The third-order valence-corrected chi connectivity index (χ3v) is 7.30. The fraction of sp³-hybridized carbons (Fsp3) is 0.115. The lowest BCUT2D eigenvalue weighted by Crippen LogP contribution is -2.34. The normalized spacial score (nSPS) is 12.6. The van der Waals surface area contributed by atoms with E-state index in [1.54, 1.807) is 40.7 Å². The van der Waals surface area contributed by atoms with Crippen LogP contribution in [0, 0.1) is 18.2 Å². The van der Waals surface area contributed by atoms with Crippen molar-refractivity contribution < 1.29 is 18.7 Å². The van der Waals surface area contributed by atoms with Gasteiger partial charge in [0.25, 0.3) is 11.8 Å². The maximum atomic E-state index is 14.0. The summed E-state index contributed by atoms with van der Waals surface area (Å²) in [5, 5.41) is 2.91. The van der Waals surface area contributed by atoms with Crippen molar-refractivity contribution in [2.75, 3.05) is 30.0 Å². The van der Waals surface area contributed by atoms with Gasteiger partial charge >= 0.3 is 0 Å². The van der Waals surface area contributed by atoms with Crippen molar-refractivity contribution in [3.63, 3.8) is 0 Å². The number of halogens is 1. The van der Waals surface area contributed by atoms with Crippen LogP contribution in [0.5, 0.6) is 0 Å². The molecule has 1 aromatic heterocycles. The molecule has 35 heavy (non-hydrogen) atoms. The minimum absolute atomic E-state index is 0.142. The Balaban J connectivity index is 1.46. The molecule has 0 saturated carbocycles. The molecule has 1 aliphatic heterocycles. The van der Waals surface area contributed by atoms with Gasteiger partial charge < -0.3 is 15.0 Å². The van der Waals surface area contributed by atoms with E-state index >= 15 is 0 Å². The highest BCUT2D eigenvalue weighted by Crippen LogP contribution is 2.42. The van der Waals surface area contributed by atoms with Crippen molar-refractivity contribution in [1.29, 1.82) is 0 Å². The number of hydrogen-bond donors (Lipinski definition) is 1. The summed E-state index contributed by atoms with van der Waals surface area (Å²) in [5.41, 5.74) is 4.58. The van der Waals surface area contributed by atoms with Crippen LogP contribution in [0.3, 0.4) is 0 Å². The topological polar surface area (TPSA) is 71.5 Å². The van der Waals surface area contributed by atoms with Crippen molar-refractivity contribution in [1.82, 2.24) is 4.98 Å². The van der Waals surface area contributed by atoms with Crippen molar-refractivity contribution in [3.8, 4) is 12.3 Å². The number of carbonyl (C=O) groups excluding carboxylic acids is 2. The lowest BCUT2D eigenvalue weighted by atomic mass is 10.1. The molecular formula is C26H18FN3O3S2. The van der Waals surface area contributed by atoms with Gasteiger partial charge in [-0.05, 0) is 54.6 Å². The highest BCUT2D eigenvalue weighted by atomic mass is 32.2. The summed E-state index contributed by atoms with van der Waals surface area (Å²) in [6.07, 6.45) is 5.24. The third-order valence-electron chi connectivity index (χ3n) is 5.38. The summed E-state index contributed by atoms with van der Waals surface area (Å²) in [7, 11) is 0. The molecule has 0 unspecified atom stereocenters. The molecular weight excluding hydrogens is 485 g/mol. The number of fused-ring (bicyclic) bond motifs is 3. The Morgan fingerprint density at radius 1 is 1.14 bits per heavy atom. The first-order valence-corrected chi connectivity index (χ1v) is 12.3. The second-order valence-electron chi connectivity index (χ2n) is 7.63. The number of terminal acetylenes is 1. The lowest BCUT2D eigenvalue weighted by molar-refractivity contribution is 0.0967. The van der Waals surface area contributed by atoms with E-state index in [2.05, 4.69) is 16.2 Å². The van der Waals surface area contributed by atoms with Gasteiger partial charge in [-0.25, -0.2) is 9.37 Å². The molecule has 0 spiro atoms. The summed E-state index contributed by atoms with van der Waals surface area (Å²) in [5.74, 6) is 1.43. The molecule has 174 valence electrons. The number of nitrogens with one attached hydrogen (secondary N) is 1. The molecule has 4 aromatic rings. The Morgan fingerprint density at radius 2 is 2.03 bits per heavy atom. The van der Waals surface area contributed by atoms with Gasteiger partial charge in [0, 0.05) is 27.6 Å². The van der Waals surface area contributed by atoms with Crippen LogP contribution in [0.15, 0.2) is 69.9 Å². The van der Waals surface area contributed by atoms with E-state index in [9.17, 15) is 14.0 Å². The smallest absolute Gasteiger partial charge is 0.259 e. The molecule has 1 aliphatic rings. The lowest BCUT2D eigenvalue weighted by Gasteiger charge is -2.23. The molecule has 0 radical (unpaired) electrons. The summed E-state index contributed by atoms with van der Waals surface area (Å²) in [6, 6.07) is 14.7. The Hall–Kier alpha value is -3.71. The summed E-state index contributed by atoms with van der Waals surface area (Å²) in [6.45, 7) is 0.654. The molecule has 0 fully saturated rings. The van der Waals surface area contributed by atoms with Crippen LogP contribution >= 0.6 is 23.1 Å². The van der Waals surface area contributed by atoms with Gasteiger partial charge in [-0.15, -0.1) is 17.8 Å². The van der Waals surface area contributed by atoms with Gasteiger partial charge in [-0.2, -0.15) is 0 Å². The number of nitrogens with zero attached hydrogens (tertiary/aromatic N) is 2. The summed E-state index contributed by atoms with van der Waals surface area (Å²) < 4.78 is 20.4. The predicted molar refractivity (Wildman–Crippen MR) is 136 cm³/mol. The van der Waals surface area contributed by atoms with Crippen LogP contribution in [-0.4, -0.2) is 36.6 Å². The number of rotatable bonds is 6. The highest BCUT2D eigenvalue weighted by Gasteiger charge is 2.28. The second-order valence-corrected chi connectivity index (χ2v) is 9.60. The number of amides is 2. The summed E-state index contributed by atoms with van der Waals surface area (Å²) in [4.78, 5) is 33.3. The van der Waals surface area contributed by atoms with Crippen LogP contribution in [0.25, 0.3) is 10.2 Å². The van der Waals surface area contributed by atoms with Gasteiger partial charge in [0.15, 0.2) is 0 Å². The van der Waals surface area contributed by atoms with Crippen molar-refractivity contribution >= 4 is 56.5 Å². The maximum Gasteiger partial charge on any atom is 0.259 e. The Kier molecular flexibility index (Phi) is 6.51. The minimum atomic E-state index is -0.432. The predicted octanol–water partition coefficient (Wildman–Crippen LogP) is 5.45. The SMILES string of the molecule is C#CCOCCN1C(=O)c2ccc(F)cc2Sc2cc(NC(=O)c3ccc4scnc4c3)ccc21. The number of aromatic nitrogens is 1. The van der Waals surface area contributed by atoms with Crippen molar-refractivity contribution in [2.24, 2.45) is 0 Å². The summed E-state index contributed by atoms with van der Waals surface area (Å²) >= 11 is 2.78. The van der Waals surface area contributed by atoms with E-state index in [4.69, 9.17) is 11.2 Å². The molecule has 3 aromatic carbocycles. The monoisotopic (exact) mass is 503 g/mol. The Bertz CT molecular complexity index is 1490. The molecule has 2 amide bonds. The molecule has 0 atom stereocenters. The van der Waals surface area contributed by atoms with Gasteiger partial charge in [0.1, 0.15) is 12.4 Å². The van der Waals surface area contributed by atoms with E-state index < -0.39 is 5.82 Å². The largest absolute Gasteiger partial charge is 0.367 e. The van der Waals surface area contributed by atoms with Crippen LogP contribution in [-0.2, 0) is 4.74 Å². The molecule has 9 heteroatoms. The van der Waals surface area contributed by atoms with E-state index in [1.807, 2.05) is 6.07 Å². The standard InChI is InChI=1S/C26H18FN3O3S2/c1-2-10-33-11-9-30-21-7-5-18(29-25(31)16-3-8-22-20(12-16)28-15-34-22)14-24(21)35-23-13-17(27)4-6-19(23)26(30)32/h1,3-8,12-15H,9-11H2,(H,29,31). The van der Waals surface area contributed by atoms with E-state index in [0.717, 1.165) is 10.2 Å². The zero-order valence-electron chi connectivity index (χ0n) is 18.3. The van der Waals surface area contributed by atoms with Gasteiger partial charge in [-0.1, -0.05) is 17.7 Å². The number of thiazole rings is 1. The first-order valence-electron chi connectivity index (χ1n) is 10.6. The van der Waals surface area contributed by atoms with Crippen molar-refractivity contribution in [2.45, 2.75) is 9.79 Å². The Labute approximate surface area is 209 Å². The number of ether oxygens (including phenoxy) is 1. The quantitative estimate of drug-likeness (QED) is 0.280. The second kappa shape index (κ2) is 9.88. The fourth-order valence-corrected chi connectivity index (χ4v) is 5.54. The Morgan fingerprint density at radius 3 is 2.89 bits per heavy atom. The average Bonchev–Trinajstić information content (AvgIpc) is 3.29. The van der Waals surface area contributed by atoms with E-state index in [1.165, 1.54) is 41.3 Å². The van der Waals surface area contributed by atoms with Crippen LogP contribution in [0.1, 0.15) is 20.7 Å². The molecule has 0 aliphatic carbocycles. The molecule has 5 rings (SSSR count). The van der Waals surface area contributed by atoms with Gasteiger partial charge in [-0.3, -0.25) is 9.59 Å². The number of benzene rings is 3. The zero-order valence-corrected chi connectivity index (χ0v) is 19.9. The zero-order chi connectivity index (χ0) is 24.4. The molecule has 0 bridgehead atoms. The number of anilines is 2. The molecule has 2 heterocycles. The highest BCUT2D eigenvalue weighted by molar-refractivity contribution is 7.99. The van der Waals surface area contributed by atoms with Crippen molar-refractivity contribution in [3.05, 3.63) is 77.1 Å².